The maximum absolute atomic E-state index is 12.0. The molecule has 2 aromatic rings. The molecule has 0 atom stereocenters. The number of fused-ring (bicyclic) bond motifs is 1. The molecular weight excluding hydrogens is 246 g/mol. The van der Waals surface area contributed by atoms with Crippen LogP contribution in [0, 0.1) is 0 Å². The van der Waals surface area contributed by atoms with E-state index in [9.17, 15) is 9.59 Å². The third-order valence-electron chi connectivity index (χ3n) is 2.88. The van der Waals surface area contributed by atoms with Gasteiger partial charge in [0.05, 0.1) is 18.3 Å². The highest BCUT2D eigenvalue weighted by atomic mass is 16.3. The first-order chi connectivity index (χ1) is 9.13. The normalized spacial score (nSPS) is 10.6. The van der Waals surface area contributed by atoms with Crippen molar-refractivity contribution < 1.29 is 14.0 Å². The van der Waals surface area contributed by atoms with Crippen molar-refractivity contribution in [3.05, 3.63) is 24.1 Å². The van der Waals surface area contributed by atoms with E-state index in [1.165, 1.54) is 0 Å². The summed E-state index contributed by atoms with van der Waals surface area (Å²) >= 11 is 0. The van der Waals surface area contributed by atoms with Crippen molar-refractivity contribution in [1.82, 2.24) is 15.2 Å². The van der Waals surface area contributed by atoms with E-state index in [1.807, 2.05) is 6.92 Å². The number of aromatic nitrogens is 1. The van der Waals surface area contributed by atoms with Gasteiger partial charge in [0.2, 0.25) is 5.91 Å². The number of carbonyl (C=O) groups excluding carboxylic acids is 2. The molecule has 0 radical (unpaired) electrons. The zero-order valence-corrected chi connectivity index (χ0v) is 11.0. The lowest BCUT2D eigenvalue weighted by Crippen LogP contribution is -2.37. The number of aryl methyl sites for hydroxylation is 1. The fourth-order valence-electron chi connectivity index (χ4n) is 1.85. The molecule has 0 saturated heterocycles. The van der Waals surface area contributed by atoms with E-state index >= 15 is 0 Å². The van der Waals surface area contributed by atoms with Crippen LogP contribution in [-0.2, 0) is 11.8 Å². The SMILES string of the molecule is CCCNC(=O)CNC(=O)c1cc2occc2n1C. The standard InChI is InChI=1S/C13H17N3O3/c1-3-5-14-12(17)8-15-13(18)10-7-11-9(16(10)2)4-6-19-11/h4,6-7H,3,5,8H2,1-2H3,(H,14,17)(H,15,18). The Labute approximate surface area is 110 Å². The van der Waals surface area contributed by atoms with Gasteiger partial charge < -0.3 is 19.6 Å². The Kier molecular flexibility index (Phi) is 3.89. The van der Waals surface area contributed by atoms with Gasteiger partial charge in [-0.3, -0.25) is 9.59 Å². The van der Waals surface area contributed by atoms with E-state index in [2.05, 4.69) is 10.6 Å². The molecule has 2 heterocycles. The van der Waals surface area contributed by atoms with Crippen molar-refractivity contribution >= 4 is 22.9 Å². The van der Waals surface area contributed by atoms with Gasteiger partial charge in [0, 0.05) is 25.7 Å². The molecule has 0 aliphatic heterocycles. The fourth-order valence-corrected chi connectivity index (χ4v) is 1.85. The summed E-state index contributed by atoms with van der Waals surface area (Å²) in [6, 6.07) is 3.45. The predicted molar refractivity (Wildman–Crippen MR) is 70.8 cm³/mol. The first-order valence-electron chi connectivity index (χ1n) is 6.21. The molecule has 0 bridgehead atoms. The van der Waals surface area contributed by atoms with Crippen LogP contribution in [0.5, 0.6) is 0 Å². The van der Waals surface area contributed by atoms with Crippen molar-refractivity contribution in [3.8, 4) is 0 Å². The zero-order chi connectivity index (χ0) is 13.8. The summed E-state index contributed by atoms with van der Waals surface area (Å²) in [5.41, 5.74) is 1.97. The van der Waals surface area contributed by atoms with E-state index in [0.29, 0.717) is 17.8 Å². The molecule has 0 unspecified atom stereocenters. The van der Waals surface area contributed by atoms with Crippen LogP contribution < -0.4 is 10.6 Å². The molecule has 6 nitrogen and oxygen atoms in total. The Hall–Kier alpha value is -2.24. The van der Waals surface area contributed by atoms with Crippen LogP contribution in [0.1, 0.15) is 23.8 Å². The number of hydrogen-bond acceptors (Lipinski definition) is 3. The number of hydrogen-bond donors (Lipinski definition) is 2. The Morgan fingerprint density at radius 2 is 2.16 bits per heavy atom. The number of rotatable bonds is 5. The summed E-state index contributed by atoms with van der Waals surface area (Å²) in [4.78, 5) is 23.4. The lowest BCUT2D eigenvalue weighted by molar-refractivity contribution is -0.120. The third kappa shape index (κ3) is 2.78. The van der Waals surface area contributed by atoms with Gasteiger partial charge in [0.15, 0.2) is 5.58 Å². The first kappa shape index (κ1) is 13.2. The van der Waals surface area contributed by atoms with Crippen molar-refractivity contribution in [2.45, 2.75) is 13.3 Å². The number of nitrogens with one attached hydrogen (secondary N) is 2. The summed E-state index contributed by atoms with van der Waals surface area (Å²) in [5.74, 6) is -0.478. The van der Waals surface area contributed by atoms with Crippen LogP contribution in [0.4, 0.5) is 0 Å². The third-order valence-corrected chi connectivity index (χ3v) is 2.88. The van der Waals surface area contributed by atoms with Gasteiger partial charge in [-0.2, -0.15) is 0 Å². The van der Waals surface area contributed by atoms with Gasteiger partial charge in [0.25, 0.3) is 5.91 Å². The minimum Gasteiger partial charge on any atom is -0.463 e. The summed E-state index contributed by atoms with van der Waals surface area (Å²) in [6.07, 6.45) is 2.44. The second kappa shape index (κ2) is 5.60. The highest BCUT2D eigenvalue weighted by Crippen LogP contribution is 2.19. The molecule has 2 rings (SSSR count). The molecule has 6 heteroatoms. The lowest BCUT2D eigenvalue weighted by atomic mass is 10.4. The molecule has 2 aromatic heterocycles. The minimum absolute atomic E-state index is 0.0224. The Morgan fingerprint density at radius 3 is 2.84 bits per heavy atom. The van der Waals surface area contributed by atoms with Crippen molar-refractivity contribution in [1.29, 1.82) is 0 Å². The molecule has 2 N–H and O–H groups in total. The quantitative estimate of drug-likeness (QED) is 0.845. The predicted octanol–water partition coefficient (Wildman–Crippen LogP) is 1.03. The molecular formula is C13H17N3O3. The molecule has 0 aliphatic rings. The number of nitrogens with zero attached hydrogens (tertiary/aromatic N) is 1. The summed E-state index contributed by atoms with van der Waals surface area (Å²) in [6.45, 7) is 2.56. The topological polar surface area (TPSA) is 76.3 Å². The summed E-state index contributed by atoms with van der Waals surface area (Å²) < 4.78 is 6.96. The van der Waals surface area contributed by atoms with E-state index in [1.54, 1.807) is 30.0 Å². The molecule has 2 amide bonds. The smallest absolute Gasteiger partial charge is 0.268 e. The maximum atomic E-state index is 12.0. The number of amides is 2. The van der Waals surface area contributed by atoms with Gasteiger partial charge >= 0.3 is 0 Å². The average molecular weight is 263 g/mol. The van der Waals surface area contributed by atoms with E-state index in [0.717, 1.165) is 11.9 Å². The van der Waals surface area contributed by atoms with Crippen molar-refractivity contribution in [2.24, 2.45) is 7.05 Å². The summed E-state index contributed by atoms with van der Waals surface area (Å²) in [7, 11) is 1.78. The molecule has 0 aliphatic carbocycles. The Morgan fingerprint density at radius 1 is 1.37 bits per heavy atom. The minimum atomic E-state index is -0.291. The van der Waals surface area contributed by atoms with Crippen molar-refractivity contribution in [2.75, 3.05) is 13.1 Å². The van der Waals surface area contributed by atoms with Gasteiger partial charge in [0.1, 0.15) is 5.69 Å². The van der Waals surface area contributed by atoms with Crippen LogP contribution in [-0.4, -0.2) is 29.5 Å². The largest absolute Gasteiger partial charge is 0.463 e. The van der Waals surface area contributed by atoms with Crippen LogP contribution in [0.3, 0.4) is 0 Å². The zero-order valence-electron chi connectivity index (χ0n) is 11.0. The average Bonchev–Trinajstić information content (AvgIpc) is 2.97. The van der Waals surface area contributed by atoms with Crippen LogP contribution in [0.15, 0.2) is 22.8 Å². The number of carbonyl (C=O) groups is 2. The monoisotopic (exact) mass is 263 g/mol. The highest BCUT2D eigenvalue weighted by Gasteiger charge is 2.15. The molecule has 0 saturated carbocycles. The van der Waals surface area contributed by atoms with Crippen LogP contribution in [0.2, 0.25) is 0 Å². The Balaban J connectivity index is 1.98. The second-order valence-electron chi connectivity index (χ2n) is 4.29. The van der Waals surface area contributed by atoms with E-state index in [4.69, 9.17) is 4.42 Å². The Bertz CT molecular complexity index is 597. The highest BCUT2D eigenvalue weighted by molar-refractivity contribution is 5.99. The lowest BCUT2D eigenvalue weighted by Gasteiger charge is -2.06. The van der Waals surface area contributed by atoms with Gasteiger partial charge in [-0.05, 0) is 6.42 Å². The van der Waals surface area contributed by atoms with Gasteiger partial charge in [-0.1, -0.05) is 6.92 Å². The summed E-state index contributed by atoms with van der Waals surface area (Å²) in [5, 5.41) is 5.28. The molecule has 102 valence electrons. The van der Waals surface area contributed by atoms with Gasteiger partial charge in [-0.15, -0.1) is 0 Å². The molecule has 0 spiro atoms. The van der Waals surface area contributed by atoms with E-state index < -0.39 is 0 Å². The van der Waals surface area contributed by atoms with Crippen molar-refractivity contribution in [3.63, 3.8) is 0 Å². The first-order valence-corrected chi connectivity index (χ1v) is 6.21. The van der Waals surface area contributed by atoms with E-state index in [-0.39, 0.29) is 18.4 Å². The maximum Gasteiger partial charge on any atom is 0.268 e. The molecule has 0 fully saturated rings. The fraction of sp³-hybridized carbons (Fsp3) is 0.385. The van der Waals surface area contributed by atoms with Crippen LogP contribution >= 0.6 is 0 Å². The van der Waals surface area contributed by atoms with Gasteiger partial charge in [-0.25, -0.2) is 0 Å². The second-order valence-corrected chi connectivity index (χ2v) is 4.29. The molecule has 19 heavy (non-hydrogen) atoms. The van der Waals surface area contributed by atoms with Crippen LogP contribution in [0.25, 0.3) is 11.1 Å². The molecule has 0 aromatic carbocycles. The number of furan rings is 1.